The molecular weight excluding hydrogens is 303 g/mol. The highest BCUT2D eigenvalue weighted by Gasteiger charge is 2.16. The van der Waals surface area contributed by atoms with Gasteiger partial charge in [0, 0.05) is 5.69 Å². The molecule has 0 heterocycles. The summed E-state index contributed by atoms with van der Waals surface area (Å²) in [4.78, 5) is 12.0. The van der Waals surface area contributed by atoms with Crippen LogP contribution >= 0.6 is 35.0 Å². The fraction of sp³-hybridized carbons (Fsp3) is 0.462. The fourth-order valence-electron chi connectivity index (χ4n) is 1.42. The molecule has 1 amide bonds. The second-order valence-corrected chi connectivity index (χ2v) is 6.48. The Morgan fingerprint density at radius 3 is 2.53 bits per heavy atom. The van der Waals surface area contributed by atoms with Crippen LogP contribution in [0.2, 0.25) is 10.0 Å². The van der Waals surface area contributed by atoms with Crippen LogP contribution in [0.4, 0.5) is 11.4 Å². The highest BCUT2D eigenvalue weighted by molar-refractivity contribution is 8.00. The second kappa shape index (κ2) is 7.88. The summed E-state index contributed by atoms with van der Waals surface area (Å²) in [5.74, 6) is 0.864. The molecule has 1 unspecified atom stereocenters. The summed E-state index contributed by atoms with van der Waals surface area (Å²) in [6.45, 7) is 3.99. The van der Waals surface area contributed by atoms with E-state index in [1.807, 2.05) is 6.92 Å². The Labute approximate surface area is 128 Å². The maximum atomic E-state index is 12.0. The van der Waals surface area contributed by atoms with Crippen LogP contribution in [0, 0.1) is 0 Å². The molecule has 1 aromatic rings. The number of hydrogen-bond acceptors (Lipinski definition) is 3. The van der Waals surface area contributed by atoms with Gasteiger partial charge in [0.2, 0.25) is 5.91 Å². The highest BCUT2D eigenvalue weighted by Crippen LogP contribution is 2.33. The van der Waals surface area contributed by atoms with Gasteiger partial charge in [0.1, 0.15) is 0 Å². The van der Waals surface area contributed by atoms with Crippen molar-refractivity contribution in [2.75, 3.05) is 16.8 Å². The zero-order chi connectivity index (χ0) is 14.4. The first-order valence-electron chi connectivity index (χ1n) is 6.12. The van der Waals surface area contributed by atoms with Crippen LogP contribution in [0.3, 0.4) is 0 Å². The number of rotatable bonds is 6. The summed E-state index contributed by atoms with van der Waals surface area (Å²) in [5, 5.41) is 3.31. The Balaban J connectivity index is 2.66. The molecule has 0 aliphatic carbocycles. The van der Waals surface area contributed by atoms with E-state index in [-0.39, 0.29) is 11.2 Å². The topological polar surface area (TPSA) is 55.1 Å². The number of anilines is 2. The van der Waals surface area contributed by atoms with Crippen molar-refractivity contribution in [1.29, 1.82) is 0 Å². The normalized spacial score (nSPS) is 12.2. The van der Waals surface area contributed by atoms with Gasteiger partial charge in [-0.1, -0.05) is 36.5 Å². The molecule has 3 nitrogen and oxygen atoms in total. The van der Waals surface area contributed by atoms with Crippen LogP contribution in [0.25, 0.3) is 0 Å². The van der Waals surface area contributed by atoms with E-state index in [9.17, 15) is 4.79 Å². The van der Waals surface area contributed by atoms with Crippen molar-refractivity contribution >= 4 is 52.2 Å². The van der Waals surface area contributed by atoms with Gasteiger partial charge < -0.3 is 11.1 Å². The molecule has 0 spiro atoms. The summed E-state index contributed by atoms with van der Waals surface area (Å²) in [6, 6.07) is 3.13. The standard InChI is InChI=1S/C13H18Cl2N2OS/c1-3-4-5-19-8(2)13(18)17-12-10(14)6-9(16)7-11(12)15/h6-8H,3-5,16H2,1-2H3,(H,17,18). The minimum Gasteiger partial charge on any atom is -0.399 e. The molecule has 106 valence electrons. The van der Waals surface area contributed by atoms with E-state index >= 15 is 0 Å². The van der Waals surface area contributed by atoms with E-state index < -0.39 is 0 Å². The lowest BCUT2D eigenvalue weighted by Crippen LogP contribution is -2.23. The molecule has 0 bridgehead atoms. The van der Waals surface area contributed by atoms with Crippen LogP contribution in [0.1, 0.15) is 26.7 Å². The molecule has 0 radical (unpaired) electrons. The molecular formula is C13H18Cl2N2OS. The molecule has 0 fully saturated rings. The molecule has 0 saturated carbocycles. The third kappa shape index (κ3) is 5.13. The van der Waals surface area contributed by atoms with Crippen LogP contribution < -0.4 is 11.1 Å². The quantitative estimate of drug-likeness (QED) is 0.602. The molecule has 3 N–H and O–H groups in total. The molecule has 0 aliphatic rings. The third-order valence-electron chi connectivity index (χ3n) is 2.55. The molecule has 19 heavy (non-hydrogen) atoms. The van der Waals surface area contributed by atoms with Gasteiger partial charge in [-0.2, -0.15) is 0 Å². The number of benzene rings is 1. The Morgan fingerprint density at radius 1 is 1.42 bits per heavy atom. The molecule has 0 aliphatic heterocycles. The van der Waals surface area contributed by atoms with Crippen LogP contribution in [-0.4, -0.2) is 16.9 Å². The number of unbranched alkanes of at least 4 members (excludes halogenated alkanes) is 1. The van der Waals surface area contributed by atoms with Crippen LogP contribution in [0.15, 0.2) is 12.1 Å². The minimum absolute atomic E-state index is 0.102. The van der Waals surface area contributed by atoms with Gasteiger partial charge in [0.05, 0.1) is 21.0 Å². The summed E-state index contributed by atoms with van der Waals surface area (Å²) < 4.78 is 0. The first kappa shape index (κ1) is 16.5. The highest BCUT2D eigenvalue weighted by atomic mass is 35.5. The monoisotopic (exact) mass is 320 g/mol. The van der Waals surface area contributed by atoms with Gasteiger partial charge in [-0.15, -0.1) is 11.8 Å². The van der Waals surface area contributed by atoms with E-state index in [2.05, 4.69) is 12.2 Å². The molecule has 1 aromatic carbocycles. The van der Waals surface area contributed by atoms with Crippen LogP contribution in [0.5, 0.6) is 0 Å². The lowest BCUT2D eigenvalue weighted by molar-refractivity contribution is -0.115. The summed E-state index contributed by atoms with van der Waals surface area (Å²) in [5.41, 5.74) is 6.51. The maximum Gasteiger partial charge on any atom is 0.237 e. The lowest BCUT2D eigenvalue weighted by atomic mass is 10.2. The number of carbonyl (C=O) groups is 1. The van der Waals surface area contributed by atoms with E-state index in [1.165, 1.54) is 0 Å². The third-order valence-corrected chi connectivity index (χ3v) is 4.38. The zero-order valence-electron chi connectivity index (χ0n) is 11.0. The molecule has 0 aromatic heterocycles. The largest absolute Gasteiger partial charge is 0.399 e. The Morgan fingerprint density at radius 2 is 2.00 bits per heavy atom. The molecule has 6 heteroatoms. The van der Waals surface area contributed by atoms with Crippen molar-refractivity contribution in [1.82, 2.24) is 0 Å². The average molecular weight is 321 g/mol. The van der Waals surface area contributed by atoms with Gasteiger partial charge in [-0.3, -0.25) is 4.79 Å². The number of amides is 1. The molecule has 0 saturated heterocycles. The van der Waals surface area contributed by atoms with Crippen molar-refractivity contribution < 1.29 is 4.79 Å². The van der Waals surface area contributed by atoms with E-state index in [0.717, 1.165) is 18.6 Å². The lowest BCUT2D eigenvalue weighted by Gasteiger charge is -2.14. The van der Waals surface area contributed by atoms with Crippen molar-refractivity contribution in [3.63, 3.8) is 0 Å². The summed E-state index contributed by atoms with van der Waals surface area (Å²) in [6.07, 6.45) is 2.22. The number of nitrogens with one attached hydrogen (secondary N) is 1. The summed E-state index contributed by atoms with van der Waals surface area (Å²) >= 11 is 13.7. The second-order valence-electron chi connectivity index (χ2n) is 4.22. The Hall–Kier alpha value is -0.580. The number of nitrogen functional groups attached to an aromatic ring is 1. The SMILES string of the molecule is CCCCSC(C)C(=O)Nc1c(Cl)cc(N)cc1Cl. The number of hydrogen-bond donors (Lipinski definition) is 2. The fourth-order valence-corrected chi connectivity index (χ4v) is 3.03. The smallest absolute Gasteiger partial charge is 0.237 e. The molecule has 1 atom stereocenters. The predicted molar refractivity (Wildman–Crippen MR) is 86.3 cm³/mol. The van der Waals surface area contributed by atoms with Gasteiger partial charge in [0.25, 0.3) is 0 Å². The van der Waals surface area contributed by atoms with Crippen molar-refractivity contribution in [2.45, 2.75) is 31.9 Å². The Kier molecular flexibility index (Phi) is 6.83. The van der Waals surface area contributed by atoms with E-state index in [4.69, 9.17) is 28.9 Å². The predicted octanol–water partition coefficient (Wildman–Crippen LogP) is 4.44. The van der Waals surface area contributed by atoms with Crippen molar-refractivity contribution in [3.8, 4) is 0 Å². The first-order valence-corrected chi connectivity index (χ1v) is 7.93. The van der Waals surface area contributed by atoms with E-state index in [0.29, 0.717) is 21.4 Å². The first-order chi connectivity index (χ1) is 8.95. The number of halogens is 2. The number of carbonyl (C=O) groups excluding carboxylic acids is 1. The Bertz CT molecular complexity index is 431. The van der Waals surface area contributed by atoms with Crippen molar-refractivity contribution in [2.24, 2.45) is 0 Å². The van der Waals surface area contributed by atoms with Gasteiger partial charge in [-0.05, 0) is 31.2 Å². The molecule has 1 rings (SSSR count). The zero-order valence-corrected chi connectivity index (χ0v) is 13.3. The van der Waals surface area contributed by atoms with Gasteiger partial charge in [0.15, 0.2) is 0 Å². The summed E-state index contributed by atoms with van der Waals surface area (Å²) in [7, 11) is 0. The maximum absolute atomic E-state index is 12.0. The van der Waals surface area contributed by atoms with Gasteiger partial charge in [-0.25, -0.2) is 0 Å². The number of nitrogens with two attached hydrogens (primary N) is 1. The minimum atomic E-state index is -0.142. The average Bonchev–Trinajstić information content (AvgIpc) is 2.33. The van der Waals surface area contributed by atoms with Gasteiger partial charge >= 0.3 is 0 Å². The van der Waals surface area contributed by atoms with Crippen LogP contribution in [-0.2, 0) is 4.79 Å². The van der Waals surface area contributed by atoms with E-state index in [1.54, 1.807) is 23.9 Å². The number of thioether (sulfide) groups is 1. The van der Waals surface area contributed by atoms with Crippen molar-refractivity contribution in [3.05, 3.63) is 22.2 Å².